The van der Waals surface area contributed by atoms with Gasteiger partial charge in [-0.2, -0.15) is 9.78 Å². The number of nitrogens with zero attached hydrogens (tertiary/aromatic N) is 5. The number of carbonyl (C=O) groups excluding carboxylic acids is 1. The molecule has 0 aliphatic heterocycles. The number of benzene rings is 1. The van der Waals surface area contributed by atoms with Crippen LogP contribution in [0.1, 0.15) is 30.1 Å². The molecule has 1 amide bonds. The van der Waals surface area contributed by atoms with Crippen molar-refractivity contribution in [1.29, 1.82) is 0 Å². The Labute approximate surface area is 202 Å². The average molecular weight is 500 g/mol. The van der Waals surface area contributed by atoms with E-state index < -0.39 is 24.0 Å². The van der Waals surface area contributed by atoms with Crippen LogP contribution < -0.4 is 10.1 Å². The molecule has 1 N–H and O–H groups in total. The molecule has 1 saturated carbocycles. The number of amides is 1. The van der Waals surface area contributed by atoms with Gasteiger partial charge in [-0.1, -0.05) is 12.1 Å². The third-order valence-corrected chi connectivity index (χ3v) is 5.71. The minimum absolute atomic E-state index is 0.0356. The highest BCUT2D eigenvalue weighted by molar-refractivity contribution is 5.99. The fraction of sp³-hybridized carbons (Fsp3) is 0.292. The lowest BCUT2D eigenvalue weighted by Crippen LogP contribution is -2.42. The van der Waals surface area contributed by atoms with Gasteiger partial charge in [-0.3, -0.25) is 9.78 Å². The summed E-state index contributed by atoms with van der Waals surface area (Å²) < 4.78 is 59.4. The Balaban J connectivity index is 1.52. The van der Waals surface area contributed by atoms with Crippen LogP contribution in [-0.2, 0) is 0 Å². The molecular weight excluding hydrogens is 480 g/mol. The maximum Gasteiger partial charge on any atom is 0.252 e. The molecule has 1 unspecified atom stereocenters. The Hall–Kier alpha value is -4.09. The zero-order valence-corrected chi connectivity index (χ0v) is 19.0. The number of carbonyl (C=O) groups is 1. The predicted molar refractivity (Wildman–Crippen MR) is 121 cm³/mol. The highest BCUT2D eigenvalue weighted by atomic mass is 19.3. The highest BCUT2D eigenvalue weighted by Gasteiger charge is 2.45. The fourth-order valence-electron chi connectivity index (χ4n) is 4.06. The van der Waals surface area contributed by atoms with E-state index in [0.717, 1.165) is 12.4 Å². The second-order valence-electron chi connectivity index (χ2n) is 8.58. The van der Waals surface area contributed by atoms with E-state index in [1.807, 2.05) is 0 Å². The molecular formula is C24H20F4N6O2. The number of ether oxygens (including phenoxy) is 1. The molecule has 3 aromatic heterocycles. The fourth-order valence-corrected chi connectivity index (χ4v) is 4.06. The summed E-state index contributed by atoms with van der Waals surface area (Å²) in [6, 6.07) is 8.09. The van der Waals surface area contributed by atoms with Crippen LogP contribution in [0.4, 0.5) is 17.6 Å². The quantitative estimate of drug-likeness (QED) is 0.376. The second-order valence-corrected chi connectivity index (χ2v) is 8.58. The van der Waals surface area contributed by atoms with E-state index in [1.165, 1.54) is 23.9 Å². The van der Waals surface area contributed by atoms with Crippen LogP contribution >= 0.6 is 0 Å². The van der Waals surface area contributed by atoms with Crippen molar-refractivity contribution in [3.63, 3.8) is 0 Å². The number of alkyl halides is 3. The standard InChI is InChI=1S/C24H20F4N6O2/c1-13(25)36-18-4-2-3-15(5-18)20-21-19(34(33-20)23-31-11-17(26)12-32-23)6-16(10-29-21)22(35)30-9-14-7-24(27,28)8-14/h2-6,10-14H,7-9H2,1H3,(H,30,35). The van der Waals surface area contributed by atoms with E-state index in [0.29, 0.717) is 22.3 Å². The van der Waals surface area contributed by atoms with Crippen LogP contribution in [0.25, 0.3) is 28.2 Å². The Morgan fingerprint density at radius 2 is 1.94 bits per heavy atom. The highest BCUT2D eigenvalue weighted by Crippen LogP contribution is 2.41. The van der Waals surface area contributed by atoms with E-state index >= 15 is 0 Å². The van der Waals surface area contributed by atoms with Crippen LogP contribution in [0.3, 0.4) is 0 Å². The molecule has 186 valence electrons. The molecule has 5 rings (SSSR count). The van der Waals surface area contributed by atoms with Gasteiger partial charge in [0.25, 0.3) is 11.9 Å². The Morgan fingerprint density at radius 3 is 2.64 bits per heavy atom. The molecule has 36 heavy (non-hydrogen) atoms. The second kappa shape index (κ2) is 9.17. The van der Waals surface area contributed by atoms with Crippen molar-refractivity contribution in [2.45, 2.75) is 32.0 Å². The molecule has 0 spiro atoms. The minimum atomic E-state index is -2.67. The molecule has 1 aliphatic carbocycles. The van der Waals surface area contributed by atoms with Gasteiger partial charge in [0.05, 0.1) is 23.5 Å². The van der Waals surface area contributed by atoms with E-state index in [2.05, 4.69) is 25.4 Å². The topological polar surface area (TPSA) is 94.8 Å². The number of pyridine rings is 1. The van der Waals surface area contributed by atoms with Crippen molar-refractivity contribution in [3.8, 4) is 23.0 Å². The Morgan fingerprint density at radius 1 is 1.19 bits per heavy atom. The van der Waals surface area contributed by atoms with Gasteiger partial charge in [-0.15, -0.1) is 0 Å². The zero-order chi connectivity index (χ0) is 25.4. The predicted octanol–water partition coefficient (Wildman–Crippen LogP) is 4.49. The van der Waals surface area contributed by atoms with Crippen LogP contribution in [0.2, 0.25) is 0 Å². The van der Waals surface area contributed by atoms with Crippen molar-refractivity contribution in [1.82, 2.24) is 30.0 Å². The van der Waals surface area contributed by atoms with Gasteiger partial charge in [-0.05, 0) is 24.1 Å². The molecule has 8 nitrogen and oxygen atoms in total. The van der Waals surface area contributed by atoms with Gasteiger partial charge < -0.3 is 10.1 Å². The first-order valence-corrected chi connectivity index (χ1v) is 11.1. The molecule has 12 heteroatoms. The molecule has 0 bridgehead atoms. The number of halogens is 4. The number of hydrogen-bond donors (Lipinski definition) is 1. The smallest absolute Gasteiger partial charge is 0.252 e. The van der Waals surface area contributed by atoms with Gasteiger partial charge in [-0.25, -0.2) is 27.5 Å². The first kappa shape index (κ1) is 23.6. The lowest BCUT2D eigenvalue weighted by atomic mass is 9.81. The summed E-state index contributed by atoms with van der Waals surface area (Å²) in [7, 11) is 0. The maximum absolute atomic E-state index is 13.4. The first-order chi connectivity index (χ1) is 17.2. The van der Waals surface area contributed by atoms with Crippen molar-refractivity contribution < 1.29 is 27.1 Å². The van der Waals surface area contributed by atoms with Crippen LogP contribution in [-0.4, -0.2) is 49.5 Å². The molecule has 3 heterocycles. The Kier molecular flexibility index (Phi) is 6.02. The summed E-state index contributed by atoms with van der Waals surface area (Å²) in [4.78, 5) is 25.1. The molecule has 4 aromatic rings. The van der Waals surface area contributed by atoms with Crippen molar-refractivity contribution >= 4 is 16.9 Å². The van der Waals surface area contributed by atoms with Crippen molar-refractivity contribution in [2.75, 3.05) is 6.54 Å². The number of hydrogen-bond acceptors (Lipinski definition) is 6. The van der Waals surface area contributed by atoms with Gasteiger partial charge in [0.1, 0.15) is 17.0 Å². The minimum Gasteiger partial charge on any atom is -0.461 e. The van der Waals surface area contributed by atoms with Gasteiger partial charge in [0.15, 0.2) is 5.82 Å². The van der Waals surface area contributed by atoms with Gasteiger partial charge in [0.2, 0.25) is 12.3 Å². The summed E-state index contributed by atoms with van der Waals surface area (Å²) in [6.07, 6.45) is 1.26. The number of aromatic nitrogens is 5. The number of nitrogens with one attached hydrogen (secondary N) is 1. The first-order valence-electron chi connectivity index (χ1n) is 11.1. The monoisotopic (exact) mass is 500 g/mol. The lowest BCUT2D eigenvalue weighted by molar-refractivity contribution is -0.108. The summed E-state index contributed by atoms with van der Waals surface area (Å²) in [5, 5.41) is 7.19. The summed E-state index contributed by atoms with van der Waals surface area (Å²) in [6.45, 7) is 1.38. The van der Waals surface area contributed by atoms with Crippen LogP contribution in [0.15, 0.2) is 48.9 Å². The zero-order valence-electron chi connectivity index (χ0n) is 19.0. The molecule has 1 aromatic carbocycles. The molecule has 0 saturated heterocycles. The normalized spacial score (nSPS) is 15.9. The number of fused-ring (bicyclic) bond motifs is 1. The van der Waals surface area contributed by atoms with Gasteiger partial charge >= 0.3 is 0 Å². The van der Waals surface area contributed by atoms with Crippen molar-refractivity contribution in [3.05, 3.63) is 60.3 Å². The summed E-state index contributed by atoms with van der Waals surface area (Å²) in [5.74, 6) is -3.76. The third-order valence-electron chi connectivity index (χ3n) is 5.71. The molecule has 1 fully saturated rings. The van der Waals surface area contributed by atoms with Gasteiger partial charge in [0, 0.05) is 38.1 Å². The summed E-state index contributed by atoms with van der Waals surface area (Å²) >= 11 is 0. The molecule has 1 atom stereocenters. The summed E-state index contributed by atoms with van der Waals surface area (Å²) in [5.41, 5.74) is 1.83. The van der Waals surface area contributed by atoms with Crippen molar-refractivity contribution in [2.24, 2.45) is 5.92 Å². The SMILES string of the molecule is CC(F)Oc1cccc(-c2nn(-c3ncc(F)cn3)c3cc(C(=O)NCC4CC(F)(F)C4)cnc23)c1. The Bertz CT molecular complexity index is 1420. The molecule has 0 radical (unpaired) electrons. The largest absolute Gasteiger partial charge is 0.461 e. The van der Waals surface area contributed by atoms with E-state index in [9.17, 15) is 22.4 Å². The lowest BCUT2D eigenvalue weighted by Gasteiger charge is -2.34. The van der Waals surface area contributed by atoms with E-state index in [-0.39, 0.29) is 42.6 Å². The molecule has 1 aliphatic rings. The van der Waals surface area contributed by atoms with E-state index in [1.54, 1.807) is 24.3 Å². The van der Waals surface area contributed by atoms with Crippen LogP contribution in [0.5, 0.6) is 5.75 Å². The van der Waals surface area contributed by atoms with Crippen LogP contribution in [0, 0.1) is 11.7 Å². The number of rotatable bonds is 7. The van der Waals surface area contributed by atoms with E-state index in [4.69, 9.17) is 4.74 Å². The third kappa shape index (κ3) is 4.83. The maximum atomic E-state index is 13.4. The average Bonchev–Trinajstić information content (AvgIpc) is 3.20.